The molecule has 0 bridgehead atoms. The Bertz CT molecular complexity index is 530. The SMILES string of the molecule is O=C(c1nc(-c2cccs2)cs1)N1CCOCC1. The number of thiophene rings is 1. The van der Waals surface area contributed by atoms with E-state index in [0.717, 1.165) is 10.6 Å². The van der Waals surface area contributed by atoms with Crippen molar-refractivity contribution in [3.05, 3.63) is 27.9 Å². The molecule has 1 aliphatic heterocycles. The molecule has 0 unspecified atom stereocenters. The molecule has 1 aliphatic rings. The average Bonchev–Trinajstić information content (AvgIpc) is 3.09. The number of rotatable bonds is 2. The molecule has 2 aromatic heterocycles. The van der Waals surface area contributed by atoms with Crippen molar-refractivity contribution in [1.29, 1.82) is 0 Å². The number of carbonyl (C=O) groups is 1. The fraction of sp³-hybridized carbons (Fsp3) is 0.333. The van der Waals surface area contributed by atoms with Crippen LogP contribution in [0.4, 0.5) is 0 Å². The summed E-state index contributed by atoms with van der Waals surface area (Å²) in [5.41, 5.74) is 0.895. The van der Waals surface area contributed by atoms with E-state index < -0.39 is 0 Å². The topological polar surface area (TPSA) is 42.4 Å². The third-order valence-electron chi connectivity index (χ3n) is 2.76. The number of nitrogens with zero attached hydrogens (tertiary/aromatic N) is 2. The lowest BCUT2D eigenvalue weighted by atomic mass is 10.4. The number of amides is 1. The minimum atomic E-state index is 0.0195. The van der Waals surface area contributed by atoms with Gasteiger partial charge in [-0.2, -0.15) is 0 Å². The largest absolute Gasteiger partial charge is 0.378 e. The smallest absolute Gasteiger partial charge is 0.283 e. The Labute approximate surface area is 113 Å². The molecule has 4 nitrogen and oxygen atoms in total. The Morgan fingerprint density at radius 3 is 2.89 bits per heavy atom. The maximum absolute atomic E-state index is 12.2. The van der Waals surface area contributed by atoms with Crippen LogP contribution in [0.3, 0.4) is 0 Å². The Morgan fingerprint density at radius 1 is 1.33 bits per heavy atom. The molecule has 94 valence electrons. The number of aromatic nitrogens is 1. The van der Waals surface area contributed by atoms with Crippen molar-refractivity contribution >= 4 is 28.6 Å². The van der Waals surface area contributed by atoms with Crippen LogP contribution >= 0.6 is 22.7 Å². The highest BCUT2D eigenvalue weighted by Gasteiger charge is 2.21. The van der Waals surface area contributed by atoms with Crippen molar-refractivity contribution in [3.8, 4) is 10.6 Å². The second-order valence-corrected chi connectivity index (χ2v) is 5.73. The summed E-state index contributed by atoms with van der Waals surface area (Å²) in [5.74, 6) is 0.0195. The fourth-order valence-electron chi connectivity index (χ4n) is 1.81. The van der Waals surface area contributed by atoms with Gasteiger partial charge >= 0.3 is 0 Å². The molecule has 0 atom stereocenters. The van der Waals surface area contributed by atoms with Crippen molar-refractivity contribution in [2.75, 3.05) is 26.3 Å². The van der Waals surface area contributed by atoms with Gasteiger partial charge in [-0.25, -0.2) is 4.98 Å². The number of hydrogen-bond acceptors (Lipinski definition) is 5. The molecule has 0 N–H and O–H groups in total. The first-order valence-corrected chi connectivity index (χ1v) is 7.47. The molecule has 0 radical (unpaired) electrons. The van der Waals surface area contributed by atoms with Crippen LogP contribution in [-0.2, 0) is 4.74 Å². The van der Waals surface area contributed by atoms with E-state index in [9.17, 15) is 4.79 Å². The average molecular weight is 280 g/mol. The highest BCUT2D eigenvalue weighted by atomic mass is 32.1. The van der Waals surface area contributed by atoms with E-state index in [-0.39, 0.29) is 5.91 Å². The lowest BCUT2D eigenvalue weighted by Crippen LogP contribution is -2.40. The first-order chi connectivity index (χ1) is 8.84. The molecular weight excluding hydrogens is 268 g/mol. The Kier molecular flexibility index (Phi) is 3.40. The van der Waals surface area contributed by atoms with Crippen LogP contribution in [0.1, 0.15) is 9.80 Å². The predicted octanol–water partition coefficient (Wildman–Crippen LogP) is 2.34. The van der Waals surface area contributed by atoms with Crippen molar-refractivity contribution < 1.29 is 9.53 Å². The maximum Gasteiger partial charge on any atom is 0.283 e. The molecule has 3 rings (SSSR count). The van der Waals surface area contributed by atoms with Gasteiger partial charge in [-0.05, 0) is 11.4 Å². The second-order valence-electron chi connectivity index (χ2n) is 3.92. The van der Waals surface area contributed by atoms with Crippen molar-refractivity contribution in [3.63, 3.8) is 0 Å². The van der Waals surface area contributed by atoms with Gasteiger partial charge in [0.05, 0.1) is 23.8 Å². The zero-order valence-electron chi connectivity index (χ0n) is 9.67. The van der Waals surface area contributed by atoms with E-state index in [4.69, 9.17) is 4.74 Å². The van der Waals surface area contributed by atoms with E-state index in [1.54, 1.807) is 16.2 Å². The maximum atomic E-state index is 12.2. The van der Waals surface area contributed by atoms with Crippen LogP contribution in [-0.4, -0.2) is 42.1 Å². The molecule has 3 heterocycles. The Hall–Kier alpha value is -1.24. The predicted molar refractivity (Wildman–Crippen MR) is 72.1 cm³/mol. The molecule has 6 heteroatoms. The lowest BCUT2D eigenvalue weighted by Gasteiger charge is -2.25. The summed E-state index contributed by atoms with van der Waals surface area (Å²) >= 11 is 3.05. The van der Waals surface area contributed by atoms with Crippen molar-refractivity contribution in [1.82, 2.24) is 9.88 Å². The molecule has 0 spiro atoms. The monoisotopic (exact) mass is 280 g/mol. The summed E-state index contributed by atoms with van der Waals surface area (Å²) < 4.78 is 5.24. The quantitative estimate of drug-likeness (QED) is 0.848. The first-order valence-electron chi connectivity index (χ1n) is 5.71. The van der Waals surface area contributed by atoms with Gasteiger partial charge in [0.15, 0.2) is 5.01 Å². The third-order valence-corrected chi connectivity index (χ3v) is 4.48. The number of morpholine rings is 1. The summed E-state index contributed by atoms with van der Waals surface area (Å²) in [5, 5.41) is 4.53. The summed E-state index contributed by atoms with van der Waals surface area (Å²) in [4.78, 5) is 19.5. The molecule has 0 saturated carbocycles. The molecule has 1 saturated heterocycles. The van der Waals surface area contributed by atoms with E-state index in [1.165, 1.54) is 11.3 Å². The standard InChI is InChI=1S/C12H12N2O2S2/c15-12(14-3-5-16-6-4-14)11-13-9(8-18-11)10-2-1-7-17-10/h1-2,7-8H,3-6H2. The van der Waals surface area contributed by atoms with E-state index >= 15 is 0 Å². The van der Waals surface area contributed by atoms with Crippen LogP contribution in [0.5, 0.6) is 0 Å². The highest BCUT2D eigenvalue weighted by Crippen LogP contribution is 2.26. The van der Waals surface area contributed by atoms with Gasteiger partial charge in [-0.1, -0.05) is 6.07 Å². The zero-order valence-corrected chi connectivity index (χ0v) is 11.3. The number of thiazole rings is 1. The highest BCUT2D eigenvalue weighted by molar-refractivity contribution is 7.15. The molecule has 18 heavy (non-hydrogen) atoms. The van der Waals surface area contributed by atoms with E-state index in [0.29, 0.717) is 31.3 Å². The number of hydrogen-bond donors (Lipinski definition) is 0. The Morgan fingerprint density at radius 2 is 2.17 bits per heavy atom. The van der Waals surface area contributed by atoms with E-state index in [1.807, 2.05) is 22.9 Å². The van der Waals surface area contributed by atoms with Gasteiger partial charge in [0.25, 0.3) is 5.91 Å². The minimum Gasteiger partial charge on any atom is -0.378 e. The molecule has 0 aliphatic carbocycles. The van der Waals surface area contributed by atoms with Crippen LogP contribution in [0.25, 0.3) is 10.6 Å². The lowest BCUT2D eigenvalue weighted by molar-refractivity contribution is 0.0303. The Balaban J connectivity index is 1.78. The van der Waals surface area contributed by atoms with Crippen LogP contribution in [0.2, 0.25) is 0 Å². The molecule has 1 fully saturated rings. The molecular formula is C12H12N2O2S2. The second kappa shape index (κ2) is 5.17. The summed E-state index contributed by atoms with van der Waals surface area (Å²) in [6.07, 6.45) is 0. The van der Waals surface area contributed by atoms with Gasteiger partial charge in [-0.3, -0.25) is 4.79 Å². The number of carbonyl (C=O) groups excluding carboxylic acids is 1. The summed E-state index contributed by atoms with van der Waals surface area (Å²) in [7, 11) is 0. The molecule has 0 aromatic carbocycles. The van der Waals surface area contributed by atoms with Crippen LogP contribution < -0.4 is 0 Å². The fourth-order valence-corrected chi connectivity index (χ4v) is 3.36. The van der Waals surface area contributed by atoms with Crippen molar-refractivity contribution in [2.45, 2.75) is 0 Å². The summed E-state index contributed by atoms with van der Waals surface area (Å²) in [6.45, 7) is 2.56. The first kappa shape index (κ1) is 11.8. The third kappa shape index (κ3) is 2.31. The van der Waals surface area contributed by atoms with E-state index in [2.05, 4.69) is 4.98 Å². The zero-order chi connectivity index (χ0) is 12.4. The normalized spacial score (nSPS) is 15.9. The summed E-state index contributed by atoms with van der Waals surface area (Å²) in [6, 6.07) is 4.01. The van der Waals surface area contributed by atoms with Gasteiger partial charge < -0.3 is 9.64 Å². The van der Waals surface area contributed by atoms with Gasteiger partial charge in [0, 0.05) is 18.5 Å². The van der Waals surface area contributed by atoms with Crippen molar-refractivity contribution in [2.24, 2.45) is 0 Å². The van der Waals surface area contributed by atoms with Crippen LogP contribution in [0.15, 0.2) is 22.9 Å². The molecule has 1 amide bonds. The van der Waals surface area contributed by atoms with Crippen LogP contribution in [0, 0.1) is 0 Å². The van der Waals surface area contributed by atoms with Gasteiger partial charge in [0.2, 0.25) is 0 Å². The van der Waals surface area contributed by atoms with Gasteiger partial charge in [0.1, 0.15) is 0 Å². The number of ether oxygens (including phenoxy) is 1. The van der Waals surface area contributed by atoms with Gasteiger partial charge in [-0.15, -0.1) is 22.7 Å². The molecule has 2 aromatic rings. The minimum absolute atomic E-state index is 0.0195.